The first-order chi connectivity index (χ1) is 13.5. The number of aliphatic hydroxyl groups is 1. The van der Waals surface area contributed by atoms with Crippen LogP contribution in [0.15, 0.2) is 48.5 Å². The van der Waals surface area contributed by atoms with Crippen LogP contribution in [0.4, 0.5) is 5.69 Å². The molecule has 2 N–H and O–H groups in total. The van der Waals surface area contributed by atoms with E-state index in [1.54, 1.807) is 43.3 Å². The minimum absolute atomic E-state index is 0.0621. The zero-order valence-electron chi connectivity index (χ0n) is 16.4. The van der Waals surface area contributed by atoms with Crippen molar-refractivity contribution in [1.29, 1.82) is 0 Å². The molecule has 1 atom stereocenters. The van der Waals surface area contributed by atoms with E-state index in [9.17, 15) is 14.7 Å². The van der Waals surface area contributed by atoms with Crippen LogP contribution in [0.25, 0.3) is 0 Å². The summed E-state index contributed by atoms with van der Waals surface area (Å²) in [7, 11) is 3.59. The maximum atomic E-state index is 12.5. The van der Waals surface area contributed by atoms with Crippen molar-refractivity contribution in [3.8, 4) is 0 Å². The Bertz CT molecular complexity index is 833. The molecule has 0 aliphatic carbocycles. The molecule has 2 aromatic carbocycles. The molecular weight excluding hydrogens is 354 g/mol. The summed E-state index contributed by atoms with van der Waals surface area (Å²) < 4.78 is 0. The van der Waals surface area contributed by atoms with Crippen molar-refractivity contribution in [2.75, 3.05) is 26.0 Å². The molecule has 1 heterocycles. The number of rotatable bonds is 6. The predicted molar refractivity (Wildman–Crippen MR) is 109 cm³/mol. The standard InChI is InChI=1S/C22H27N3O3/c1-24(2)22(28)20-8-5-13-25(20)14-16-9-11-17(12-10-16)21(27)23-19-7-4-3-6-18(19)15-26/h3-4,6-7,9-12,20,26H,5,8,13-15H2,1-2H3,(H,23,27)/t20-/m0/s1. The summed E-state index contributed by atoms with van der Waals surface area (Å²) in [6.45, 7) is 1.47. The van der Waals surface area contributed by atoms with Gasteiger partial charge < -0.3 is 15.3 Å². The number of carbonyl (C=O) groups is 2. The van der Waals surface area contributed by atoms with Gasteiger partial charge in [0.1, 0.15) is 0 Å². The number of anilines is 1. The number of likely N-dealkylation sites (N-methyl/N-ethyl adjacent to an activating group) is 1. The summed E-state index contributed by atoms with van der Waals surface area (Å²) in [4.78, 5) is 28.7. The summed E-state index contributed by atoms with van der Waals surface area (Å²) in [5, 5.41) is 12.2. The smallest absolute Gasteiger partial charge is 0.255 e. The molecule has 0 radical (unpaired) electrons. The number of nitrogens with zero attached hydrogens (tertiary/aromatic N) is 2. The number of benzene rings is 2. The van der Waals surface area contributed by atoms with Crippen LogP contribution in [0.5, 0.6) is 0 Å². The highest BCUT2D eigenvalue weighted by molar-refractivity contribution is 6.04. The molecular formula is C22H27N3O3. The van der Waals surface area contributed by atoms with Gasteiger partial charge in [0.2, 0.25) is 5.91 Å². The maximum absolute atomic E-state index is 12.5. The molecule has 6 heteroatoms. The average molecular weight is 381 g/mol. The molecule has 1 saturated heterocycles. The molecule has 0 saturated carbocycles. The molecule has 1 aliphatic heterocycles. The summed E-state index contributed by atoms with van der Waals surface area (Å²) in [5.74, 6) is -0.0645. The molecule has 6 nitrogen and oxygen atoms in total. The van der Waals surface area contributed by atoms with Gasteiger partial charge in [-0.3, -0.25) is 14.5 Å². The van der Waals surface area contributed by atoms with Crippen molar-refractivity contribution in [1.82, 2.24) is 9.80 Å². The van der Waals surface area contributed by atoms with Crippen LogP contribution in [-0.4, -0.2) is 53.4 Å². The van der Waals surface area contributed by atoms with Crippen molar-refractivity contribution >= 4 is 17.5 Å². The van der Waals surface area contributed by atoms with Crippen LogP contribution >= 0.6 is 0 Å². The van der Waals surface area contributed by atoms with Crippen molar-refractivity contribution in [2.45, 2.75) is 32.0 Å². The van der Waals surface area contributed by atoms with E-state index < -0.39 is 0 Å². The van der Waals surface area contributed by atoms with Gasteiger partial charge in [0.05, 0.1) is 12.6 Å². The van der Waals surface area contributed by atoms with E-state index in [-0.39, 0.29) is 24.5 Å². The SMILES string of the molecule is CN(C)C(=O)[C@@H]1CCCN1Cc1ccc(C(=O)Nc2ccccc2CO)cc1. The Morgan fingerprint density at radius 2 is 1.86 bits per heavy atom. The van der Waals surface area contributed by atoms with Crippen molar-refractivity contribution in [3.05, 3.63) is 65.2 Å². The van der Waals surface area contributed by atoms with E-state index in [0.29, 0.717) is 23.4 Å². The minimum atomic E-state index is -0.214. The second kappa shape index (κ2) is 8.99. The number of para-hydroxylation sites is 1. The predicted octanol–water partition coefficient (Wildman–Crippen LogP) is 2.48. The molecule has 28 heavy (non-hydrogen) atoms. The molecule has 1 aliphatic rings. The van der Waals surface area contributed by atoms with E-state index >= 15 is 0 Å². The zero-order chi connectivity index (χ0) is 20.1. The van der Waals surface area contributed by atoms with E-state index in [1.807, 2.05) is 24.3 Å². The Kier molecular flexibility index (Phi) is 6.44. The van der Waals surface area contributed by atoms with Gasteiger partial charge in [-0.15, -0.1) is 0 Å². The Balaban J connectivity index is 1.65. The van der Waals surface area contributed by atoms with Gasteiger partial charge in [0, 0.05) is 37.5 Å². The molecule has 1 fully saturated rings. The largest absolute Gasteiger partial charge is 0.392 e. The van der Waals surface area contributed by atoms with Crippen LogP contribution < -0.4 is 5.32 Å². The molecule has 0 spiro atoms. The molecule has 148 valence electrons. The van der Waals surface area contributed by atoms with Crippen LogP contribution in [-0.2, 0) is 17.9 Å². The van der Waals surface area contributed by atoms with Crippen molar-refractivity contribution < 1.29 is 14.7 Å². The fourth-order valence-electron chi connectivity index (χ4n) is 3.56. The third-order valence-electron chi connectivity index (χ3n) is 5.13. The maximum Gasteiger partial charge on any atom is 0.255 e. The van der Waals surface area contributed by atoms with Gasteiger partial charge in [-0.1, -0.05) is 30.3 Å². The van der Waals surface area contributed by atoms with Crippen molar-refractivity contribution in [2.24, 2.45) is 0 Å². The topological polar surface area (TPSA) is 72.9 Å². The first-order valence-electron chi connectivity index (χ1n) is 9.54. The summed E-state index contributed by atoms with van der Waals surface area (Å²) in [6, 6.07) is 14.6. The normalized spacial score (nSPS) is 16.8. The van der Waals surface area contributed by atoms with Crippen molar-refractivity contribution in [3.63, 3.8) is 0 Å². The Morgan fingerprint density at radius 3 is 2.54 bits per heavy atom. The van der Waals surface area contributed by atoms with E-state index in [0.717, 1.165) is 24.9 Å². The summed E-state index contributed by atoms with van der Waals surface area (Å²) in [5.41, 5.74) is 2.92. The number of aliphatic hydroxyl groups excluding tert-OH is 1. The number of hydrogen-bond donors (Lipinski definition) is 2. The monoisotopic (exact) mass is 381 g/mol. The lowest BCUT2D eigenvalue weighted by Gasteiger charge is -2.26. The van der Waals surface area contributed by atoms with Gasteiger partial charge in [-0.2, -0.15) is 0 Å². The second-order valence-electron chi connectivity index (χ2n) is 7.33. The molecule has 3 rings (SSSR count). The molecule has 2 aromatic rings. The van der Waals surface area contributed by atoms with E-state index in [4.69, 9.17) is 0 Å². The lowest BCUT2D eigenvalue weighted by molar-refractivity contribution is -0.133. The van der Waals surface area contributed by atoms with E-state index in [1.165, 1.54) is 0 Å². The molecule has 0 aromatic heterocycles. The van der Waals surface area contributed by atoms with Crippen LogP contribution in [0.1, 0.15) is 34.3 Å². The lowest BCUT2D eigenvalue weighted by Crippen LogP contribution is -2.42. The first kappa shape index (κ1) is 20.0. The fraction of sp³-hybridized carbons (Fsp3) is 0.364. The van der Waals surface area contributed by atoms with Gasteiger partial charge in [0.15, 0.2) is 0 Å². The summed E-state index contributed by atoms with van der Waals surface area (Å²) in [6.07, 6.45) is 1.91. The number of amides is 2. The number of hydrogen-bond acceptors (Lipinski definition) is 4. The third kappa shape index (κ3) is 4.58. The highest BCUT2D eigenvalue weighted by Gasteiger charge is 2.31. The van der Waals surface area contributed by atoms with Gasteiger partial charge in [-0.05, 0) is 43.1 Å². The first-order valence-corrected chi connectivity index (χ1v) is 9.54. The van der Waals surface area contributed by atoms with Gasteiger partial charge in [-0.25, -0.2) is 0 Å². The third-order valence-corrected chi connectivity index (χ3v) is 5.13. The second-order valence-corrected chi connectivity index (χ2v) is 7.33. The zero-order valence-corrected chi connectivity index (χ0v) is 16.4. The van der Waals surface area contributed by atoms with Crippen LogP contribution in [0.2, 0.25) is 0 Å². The summed E-state index contributed by atoms with van der Waals surface area (Å²) >= 11 is 0. The van der Waals surface area contributed by atoms with E-state index in [2.05, 4.69) is 10.2 Å². The van der Waals surface area contributed by atoms with Crippen LogP contribution in [0.3, 0.4) is 0 Å². The lowest BCUT2D eigenvalue weighted by atomic mass is 10.1. The molecule has 0 unspecified atom stereocenters. The number of likely N-dealkylation sites (tertiary alicyclic amines) is 1. The highest BCUT2D eigenvalue weighted by Crippen LogP contribution is 2.22. The Hall–Kier alpha value is -2.70. The number of nitrogens with one attached hydrogen (secondary N) is 1. The number of carbonyl (C=O) groups excluding carboxylic acids is 2. The average Bonchev–Trinajstić information content (AvgIpc) is 3.16. The quantitative estimate of drug-likeness (QED) is 0.806. The van der Waals surface area contributed by atoms with Gasteiger partial charge >= 0.3 is 0 Å². The van der Waals surface area contributed by atoms with Crippen LogP contribution in [0, 0.1) is 0 Å². The Labute approximate surface area is 165 Å². The Morgan fingerprint density at radius 1 is 1.14 bits per heavy atom. The molecule has 0 bridgehead atoms. The van der Waals surface area contributed by atoms with Gasteiger partial charge in [0.25, 0.3) is 5.91 Å². The minimum Gasteiger partial charge on any atom is -0.392 e. The fourth-order valence-corrected chi connectivity index (χ4v) is 3.56. The molecule has 2 amide bonds. The highest BCUT2D eigenvalue weighted by atomic mass is 16.3.